The number of alkyl halides is 4. The predicted molar refractivity (Wildman–Crippen MR) is 72.6 cm³/mol. The largest absolute Gasteiger partial charge is 0.342 e. The van der Waals surface area contributed by atoms with Crippen LogP contribution in [-0.4, -0.2) is 15.8 Å². The van der Waals surface area contributed by atoms with Gasteiger partial charge >= 0.3 is 11.8 Å². The van der Waals surface area contributed by atoms with Gasteiger partial charge in [0, 0.05) is 13.0 Å². The van der Waals surface area contributed by atoms with Crippen molar-refractivity contribution in [2.24, 2.45) is 0 Å². The van der Waals surface area contributed by atoms with Crippen molar-refractivity contribution in [2.45, 2.75) is 38.0 Å². The summed E-state index contributed by atoms with van der Waals surface area (Å²) in [6.45, 7) is 6.01. The van der Waals surface area contributed by atoms with Gasteiger partial charge in [-0.1, -0.05) is 20.8 Å². The van der Waals surface area contributed by atoms with Crippen LogP contribution in [0.15, 0.2) is 12.1 Å². The number of non-ortho nitro benzene ring substituents is 1. The van der Waals surface area contributed by atoms with Gasteiger partial charge in [0.2, 0.25) is 0 Å². The third-order valence-corrected chi connectivity index (χ3v) is 3.09. The molecule has 6 nitrogen and oxygen atoms in total. The van der Waals surface area contributed by atoms with E-state index in [9.17, 15) is 37.8 Å². The van der Waals surface area contributed by atoms with Crippen molar-refractivity contribution < 1.29 is 27.4 Å². The molecule has 0 amide bonds. The molecule has 10 heteroatoms. The first kappa shape index (κ1) is 18.8. The van der Waals surface area contributed by atoms with Crippen LogP contribution in [0.3, 0.4) is 0 Å². The van der Waals surface area contributed by atoms with Gasteiger partial charge in [-0.25, -0.2) is 0 Å². The first-order valence-electron chi connectivity index (χ1n) is 6.19. The summed E-state index contributed by atoms with van der Waals surface area (Å²) in [7, 11) is 0. The van der Waals surface area contributed by atoms with Crippen LogP contribution in [0.5, 0.6) is 0 Å². The number of nitro benzene ring substituents is 2. The smallest absolute Gasteiger partial charge is 0.258 e. The molecule has 1 rings (SSSR count). The van der Waals surface area contributed by atoms with Crippen molar-refractivity contribution in [3.63, 3.8) is 0 Å². The zero-order valence-electron chi connectivity index (χ0n) is 12.4. The quantitative estimate of drug-likeness (QED) is 0.464. The third kappa shape index (κ3) is 3.40. The second-order valence-corrected chi connectivity index (χ2v) is 5.93. The number of nitro groups is 2. The van der Waals surface area contributed by atoms with Crippen molar-refractivity contribution in [1.82, 2.24) is 0 Å². The minimum Gasteiger partial charge on any atom is -0.258 e. The Balaban J connectivity index is 4.00. The van der Waals surface area contributed by atoms with Crippen LogP contribution < -0.4 is 0 Å². The summed E-state index contributed by atoms with van der Waals surface area (Å²) in [5, 5.41) is 21.9. The highest BCUT2D eigenvalue weighted by atomic mass is 19.3. The minimum absolute atomic E-state index is 0.240. The molecule has 0 unspecified atom stereocenters. The molecule has 0 N–H and O–H groups in total. The Morgan fingerprint density at radius 2 is 1.48 bits per heavy atom. The maximum atomic E-state index is 14.1. The summed E-state index contributed by atoms with van der Waals surface area (Å²) in [6.07, 6.45) is 0. The molecule has 0 saturated carbocycles. The molecule has 0 fully saturated rings. The fourth-order valence-electron chi connectivity index (χ4n) is 1.97. The summed E-state index contributed by atoms with van der Waals surface area (Å²) >= 11 is 0. The van der Waals surface area contributed by atoms with Gasteiger partial charge in [-0.3, -0.25) is 20.2 Å². The molecule has 1 aromatic rings. The van der Waals surface area contributed by atoms with Crippen molar-refractivity contribution in [1.29, 1.82) is 0 Å². The molecule has 23 heavy (non-hydrogen) atoms. The van der Waals surface area contributed by atoms with Crippen molar-refractivity contribution >= 4 is 11.4 Å². The topological polar surface area (TPSA) is 86.3 Å². The van der Waals surface area contributed by atoms with Crippen LogP contribution in [0.25, 0.3) is 0 Å². The van der Waals surface area contributed by atoms with Crippen LogP contribution in [-0.2, 0) is 11.3 Å². The molecule has 1 radical (unpaired) electrons. The molecule has 1 aromatic carbocycles. The van der Waals surface area contributed by atoms with Gasteiger partial charge in [0.05, 0.1) is 15.9 Å². The van der Waals surface area contributed by atoms with Gasteiger partial charge in [0.15, 0.2) is 0 Å². The lowest BCUT2D eigenvalue weighted by molar-refractivity contribution is -0.396. The fourth-order valence-corrected chi connectivity index (χ4v) is 1.97. The normalized spacial score (nSPS) is 13.0. The summed E-state index contributed by atoms with van der Waals surface area (Å²) in [5.41, 5.74) is -5.76. The van der Waals surface area contributed by atoms with Gasteiger partial charge in [-0.05, 0) is 11.0 Å². The molecule has 0 aromatic heterocycles. The summed E-state index contributed by atoms with van der Waals surface area (Å²) in [5.74, 6) is -9.82. The van der Waals surface area contributed by atoms with E-state index in [1.54, 1.807) is 0 Å². The molecule has 127 valence electrons. The van der Waals surface area contributed by atoms with Crippen LogP contribution in [0, 0.1) is 27.2 Å². The van der Waals surface area contributed by atoms with E-state index in [0.717, 1.165) is 0 Å². The summed E-state index contributed by atoms with van der Waals surface area (Å²) < 4.78 is 54.7. The Labute approximate surface area is 128 Å². The zero-order chi connectivity index (χ0) is 18.4. The van der Waals surface area contributed by atoms with Crippen LogP contribution in [0.2, 0.25) is 0 Å². The lowest BCUT2D eigenvalue weighted by Crippen LogP contribution is -2.38. The SMILES string of the molecule is [CH2]C(F)(F)C(F)(F)c1c([N+](=O)[O-])cc([N+](=O)[O-])cc1C(C)(C)C. The Morgan fingerprint density at radius 1 is 1.00 bits per heavy atom. The summed E-state index contributed by atoms with van der Waals surface area (Å²) in [4.78, 5) is 19.5. The first-order chi connectivity index (χ1) is 10.1. The molecule has 0 bridgehead atoms. The number of rotatable bonds is 4. The second kappa shape index (κ2) is 5.43. The Bertz CT molecular complexity index is 663. The van der Waals surface area contributed by atoms with E-state index in [1.165, 1.54) is 20.8 Å². The van der Waals surface area contributed by atoms with Gasteiger partial charge < -0.3 is 0 Å². The van der Waals surface area contributed by atoms with Crippen LogP contribution in [0.4, 0.5) is 28.9 Å². The number of hydrogen-bond donors (Lipinski definition) is 0. The van der Waals surface area contributed by atoms with E-state index < -0.39 is 49.6 Å². The lowest BCUT2D eigenvalue weighted by atomic mass is 9.80. The molecule has 0 aliphatic heterocycles. The number of hydrogen-bond acceptors (Lipinski definition) is 4. The number of nitrogens with zero attached hydrogens (tertiary/aromatic N) is 2. The van der Waals surface area contributed by atoms with Crippen LogP contribution in [0.1, 0.15) is 31.9 Å². The zero-order valence-corrected chi connectivity index (χ0v) is 12.4. The second-order valence-electron chi connectivity index (χ2n) is 5.93. The van der Waals surface area contributed by atoms with Crippen molar-refractivity contribution in [2.75, 3.05) is 0 Å². The monoisotopic (exact) mass is 337 g/mol. The molecular weight excluding hydrogens is 324 g/mol. The average Bonchev–Trinajstić information content (AvgIpc) is 2.34. The van der Waals surface area contributed by atoms with E-state index in [4.69, 9.17) is 0 Å². The predicted octanol–water partition coefficient (Wildman–Crippen LogP) is 4.36. The lowest BCUT2D eigenvalue weighted by Gasteiger charge is -2.29. The molecular formula is C13H13F4N2O4. The van der Waals surface area contributed by atoms with Gasteiger partial charge in [0.25, 0.3) is 11.4 Å². The molecule has 0 atom stereocenters. The van der Waals surface area contributed by atoms with E-state index in [0.29, 0.717) is 6.07 Å². The molecule has 0 spiro atoms. The minimum atomic E-state index is -4.98. The molecule has 0 heterocycles. The van der Waals surface area contributed by atoms with E-state index in [1.807, 2.05) is 0 Å². The van der Waals surface area contributed by atoms with Gasteiger partial charge in [0.1, 0.15) is 5.56 Å². The highest BCUT2D eigenvalue weighted by Crippen LogP contribution is 2.50. The average molecular weight is 337 g/mol. The van der Waals surface area contributed by atoms with Crippen LogP contribution >= 0.6 is 0 Å². The number of benzene rings is 1. The Morgan fingerprint density at radius 3 is 1.78 bits per heavy atom. The van der Waals surface area contributed by atoms with Crippen molar-refractivity contribution in [3.05, 3.63) is 50.4 Å². The van der Waals surface area contributed by atoms with Crippen molar-refractivity contribution in [3.8, 4) is 0 Å². The summed E-state index contributed by atoms with van der Waals surface area (Å²) in [6, 6.07) is 0.881. The molecule has 0 aliphatic carbocycles. The standard InChI is InChI=1S/C13H13F4N2O4/c1-11(2,3)8-5-7(18(20)21)6-9(19(22)23)10(8)13(16,17)12(4,14)15/h5-6H,4H2,1-3H3. The Hall–Kier alpha value is -2.26. The highest BCUT2D eigenvalue weighted by Gasteiger charge is 2.59. The molecule has 0 aliphatic rings. The fraction of sp³-hybridized carbons (Fsp3) is 0.462. The van der Waals surface area contributed by atoms with Gasteiger partial charge in [-0.15, -0.1) is 0 Å². The van der Waals surface area contributed by atoms with E-state index in [2.05, 4.69) is 6.92 Å². The maximum Gasteiger partial charge on any atom is 0.342 e. The van der Waals surface area contributed by atoms with Gasteiger partial charge in [-0.2, -0.15) is 17.6 Å². The molecule has 0 saturated heterocycles. The van der Waals surface area contributed by atoms with E-state index in [-0.39, 0.29) is 6.07 Å². The maximum absolute atomic E-state index is 14.1. The Kier molecular flexibility index (Phi) is 4.43. The first-order valence-corrected chi connectivity index (χ1v) is 6.19. The number of halogens is 4. The third-order valence-electron chi connectivity index (χ3n) is 3.09. The van der Waals surface area contributed by atoms with E-state index >= 15 is 0 Å². The highest BCUT2D eigenvalue weighted by molar-refractivity contribution is 5.58.